The van der Waals surface area contributed by atoms with Gasteiger partial charge in [-0.05, 0) is 31.6 Å². The van der Waals surface area contributed by atoms with Crippen LogP contribution in [0.3, 0.4) is 0 Å². The Balaban J connectivity index is 2.55. The number of carbonyl (C=O) groups excluding carboxylic acids is 1. The Labute approximate surface area is 132 Å². The number of thiocarbonyl (C=S) groups is 1. The number of nitro benzene ring substituents is 1. The molecule has 1 aliphatic heterocycles. The van der Waals surface area contributed by atoms with Crippen LogP contribution in [0.4, 0.5) is 5.69 Å². The smallest absolute Gasteiger partial charge is 0.337 e. The first-order valence-corrected chi connectivity index (χ1v) is 6.87. The minimum atomic E-state index is -0.597. The summed E-state index contributed by atoms with van der Waals surface area (Å²) in [6.07, 6.45) is 0. The molecule has 2 N–H and O–H groups in total. The maximum atomic E-state index is 12.0. The molecular weight excluding hydrogens is 306 g/mol. The van der Waals surface area contributed by atoms with Gasteiger partial charge < -0.3 is 15.4 Å². The van der Waals surface area contributed by atoms with Crippen molar-refractivity contribution in [3.63, 3.8) is 0 Å². The molecule has 0 aromatic heterocycles. The third-order valence-corrected chi connectivity index (χ3v) is 3.66. The summed E-state index contributed by atoms with van der Waals surface area (Å²) in [6.45, 7) is 3.36. The van der Waals surface area contributed by atoms with E-state index in [1.165, 1.54) is 13.2 Å². The van der Waals surface area contributed by atoms with E-state index in [1.807, 2.05) is 0 Å². The predicted molar refractivity (Wildman–Crippen MR) is 84.2 cm³/mol. The van der Waals surface area contributed by atoms with Gasteiger partial charge in [-0.1, -0.05) is 12.1 Å². The van der Waals surface area contributed by atoms with E-state index in [9.17, 15) is 14.9 Å². The van der Waals surface area contributed by atoms with Crippen molar-refractivity contribution in [3.05, 3.63) is 50.7 Å². The fraction of sp³-hybridized carbons (Fsp3) is 0.286. The predicted octanol–water partition coefficient (Wildman–Crippen LogP) is 1.87. The third-order valence-electron chi connectivity index (χ3n) is 3.44. The molecular formula is C14H15N3O4S. The minimum Gasteiger partial charge on any atom is -0.466 e. The molecule has 1 atom stereocenters. The molecule has 7 nitrogen and oxygen atoms in total. The molecule has 22 heavy (non-hydrogen) atoms. The standard InChI is InChI=1S/C14H15N3O4S/c1-7-4-5-9(6-10(7)17(19)20)12-11(13(18)21-3)8(2)15-14(22)16-12/h4-6,12H,1-3H3,(H2,15,16,22)/t12-/m0/s1. The second-order valence-electron chi connectivity index (χ2n) is 4.86. The Bertz CT molecular complexity index is 699. The van der Waals surface area contributed by atoms with Crippen molar-refractivity contribution in [2.24, 2.45) is 0 Å². The van der Waals surface area contributed by atoms with Crippen molar-refractivity contribution in [2.75, 3.05) is 7.11 Å². The van der Waals surface area contributed by atoms with Crippen LogP contribution in [0.25, 0.3) is 0 Å². The number of hydrogen-bond donors (Lipinski definition) is 2. The average molecular weight is 321 g/mol. The molecule has 1 heterocycles. The SMILES string of the molecule is COC(=O)C1=C(C)NC(=S)N[C@H]1c1ccc(C)c([N+](=O)[O-])c1. The number of carbonyl (C=O) groups is 1. The molecule has 0 fully saturated rings. The van der Waals surface area contributed by atoms with Gasteiger partial charge in [-0.2, -0.15) is 0 Å². The number of allylic oxidation sites excluding steroid dienone is 1. The number of ether oxygens (including phenoxy) is 1. The number of benzene rings is 1. The zero-order valence-electron chi connectivity index (χ0n) is 12.3. The maximum Gasteiger partial charge on any atom is 0.337 e. The van der Waals surface area contributed by atoms with Crippen molar-refractivity contribution in [3.8, 4) is 0 Å². The van der Waals surface area contributed by atoms with Crippen LogP contribution in [0.5, 0.6) is 0 Å². The molecule has 1 aliphatic rings. The van der Waals surface area contributed by atoms with E-state index in [2.05, 4.69) is 10.6 Å². The van der Waals surface area contributed by atoms with Gasteiger partial charge in [0.2, 0.25) is 0 Å². The lowest BCUT2D eigenvalue weighted by Crippen LogP contribution is -2.45. The Morgan fingerprint density at radius 1 is 1.41 bits per heavy atom. The second-order valence-corrected chi connectivity index (χ2v) is 5.27. The first kappa shape index (κ1) is 15.9. The molecule has 0 aliphatic carbocycles. The van der Waals surface area contributed by atoms with Gasteiger partial charge in [-0.15, -0.1) is 0 Å². The number of hydrogen-bond acceptors (Lipinski definition) is 5. The van der Waals surface area contributed by atoms with E-state index in [0.717, 1.165) is 0 Å². The Kier molecular flexibility index (Phi) is 4.41. The van der Waals surface area contributed by atoms with Gasteiger partial charge >= 0.3 is 5.97 Å². The van der Waals surface area contributed by atoms with Gasteiger partial charge in [-0.3, -0.25) is 10.1 Å². The molecule has 1 aromatic carbocycles. The highest BCUT2D eigenvalue weighted by molar-refractivity contribution is 7.80. The minimum absolute atomic E-state index is 0.00869. The summed E-state index contributed by atoms with van der Waals surface area (Å²) in [4.78, 5) is 22.7. The molecule has 0 radical (unpaired) electrons. The molecule has 0 bridgehead atoms. The fourth-order valence-electron chi connectivity index (χ4n) is 2.33. The molecule has 0 saturated heterocycles. The van der Waals surface area contributed by atoms with E-state index >= 15 is 0 Å². The topological polar surface area (TPSA) is 93.5 Å². The van der Waals surface area contributed by atoms with E-state index in [4.69, 9.17) is 17.0 Å². The van der Waals surface area contributed by atoms with Gasteiger partial charge in [0, 0.05) is 17.3 Å². The summed E-state index contributed by atoms with van der Waals surface area (Å²) in [5.41, 5.74) is 2.01. The number of nitrogens with zero attached hydrogens (tertiary/aromatic N) is 1. The van der Waals surface area contributed by atoms with Gasteiger partial charge in [0.15, 0.2) is 5.11 Å². The molecule has 0 unspecified atom stereocenters. The molecule has 0 spiro atoms. The van der Waals surface area contributed by atoms with Crippen molar-refractivity contribution in [1.29, 1.82) is 0 Å². The summed E-state index contributed by atoms with van der Waals surface area (Å²) < 4.78 is 4.79. The lowest BCUT2D eigenvalue weighted by molar-refractivity contribution is -0.385. The van der Waals surface area contributed by atoms with Crippen LogP contribution in [0.15, 0.2) is 29.5 Å². The van der Waals surface area contributed by atoms with Crippen LogP contribution in [0.1, 0.15) is 24.1 Å². The lowest BCUT2D eigenvalue weighted by atomic mass is 9.94. The van der Waals surface area contributed by atoms with E-state index < -0.39 is 16.9 Å². The van der Waals surface area contributed by atoms with Crippen LogP contribution in [0.2, 0.25) is 0 Å². The normalized spacial score (nSPS) is 17.6. The van der Waals surface area contributed by atoms with Crippen LogP contribution in [-0.4, -0.2) is 23.1 Å². The van der Waals surface area contributed by atoms with Crippen LogP contribution in [0, 0.1) is 17.0 Å². The highest BCUT2D eigenvalue weighted by Gasteiger charge is 2.31. The van der Waals surface area contributed by atoms with Crippen LogP contribution in [-0.2, 0) is 9.53 Å². The first-order chi connectivity index (χ1) is 10.3. The summed E-state index contributed by atoms with van der Waals surface area (Å²) in [5.74, 6) is -0.520. The van der Waals surface area contributed by atoms with Gasteiger partial charge in [0.05, 0.1) is 23.6 Å². The van der Waals surface area contributed by atoms with Gasteiger partial charge in [0.1, 0.15) is 0 Å². The quantitative estimate of drug-likeness (QED) is 0.380. The Hall–Kier alpha value is -2.48. The monoisotopic (exact) mass is 321 g/mol. The highest BCUT2D eigenvalue weighted by atomic mass is 32.1. The average Bonchev–Trinajstić information content (AvgIpc) is 2.46. The number of methoxy groups -OCH3 is 1. The lowest BCUT2D eigenvalue weighted by Gasteiger charge is -2.29. The maximum absolute atomic E-state index is 12.0. The first-order valence-electron chi connectivity index (χ1n) is 6.46. The highest BCUT2D eigenvalue weighted by Crippen LogP contribution is 2.30. The fourth-order valence-corrected chi connectivity index (χ4v) is 2.60. The summed E-state index contributed by atoms with van der Waals surface area (Å²) in [7, 11) is 1.28. The molecule has 8 heteroatoms. The molecule has 2 rings (SSSR count). The number of rotatable bonds is 3. The summed E-state index contributed by atoms with van der Waals surface area (Å²) in [5, 5.41) is 17.3. The van der Waals surface area contributed by atoms with Crippen molar-refractivity contribution in [1.82, 2.24) is 10.6 Å². The summed E-state index contributed by atoms with van der Waals surface area (Å²) >= 11 is 5.10. The zero-order valence-corrected chi connectivity index (χ0v) is 13.1. The molecule has 0 saturated carbocycles. The van der Waals surface area contributed by atoms with Crippen LogP contribution < -0.4 is 10.6 Å². The largest absolute Gasteiger partial charge is 0.466 e. The van der Waals surface area contributed by atoms with Crippen LogP contribution >= 0.6 is 12.2 Å². The third kappa shape index (κ3) is 2.91. The summed E-state index contributed by atoms with van der Waals surface area (Å²) in [6, 6.07) is 4.21. The molecule has 116 valence electrons. The van der Waals surface area contributed by atoms with Crippen molar-refractivity contribution >= 4 is 29.0 Å². The number of esters is 1. The molecule has 1 aromatic rings. The van der Waals surface area contributed by atoms with Crippen molar-refractivity contribution < 1.29 is 14.5 Å². The van der Waals surface area contributed by atoms with E-state index in [1.54, 1.807) is 26.0 Å². The second kappa shape index (κ2) is 6.10. The van der Waals surface area contributed by atoms with E-state index in [-0.39, 0.29) is 5.69 Å². The van der Waals surface area contributed by atoms with Gasteiger partial charge in [-0.25, -0.2) is 4.79 Å². The van der Waals surface area contributed by atoms with Crippen molar-refractivity contribution in [2.45, 2.75) is 19.9 Å². The van der Waals surface area contributed by atoms with Gasteiger partial charge in [0.25, 0.3) is 5.69 Å². The number of nitrogens with one attached hydrogen (secondary N) is 2. The zero-order chi connectivity index (χ0) is 16.4. The van der Waals surface area contributed by atoms with E-state index in [0.29, 0.717) is 27.5 Å². The Morgan fingerprint density at radius 2 is 2.09 bits per heavy atom. The number of nitro groups is 1. The molecule has 0 amide bonds. The number of aryl methyl sites for hydroxylation is 1. The Morgan fingerprint density at radius 3 is 2.68 bits per heavy atom.